The highest BCUT2D eigenvalue weighted by molar-refractivity contribution is 6.99. The first-order valence-electron chi connectivity index (χ1n) is 17.6. The molecular formula is C48H32BNO. The van der Waals surface area contributed by atoms with Gasteiger partial charge in [0.05, 0.1) is 5.69 Å². The second-order valence-corrected chi connectivity index (χ2v) is 13.3. The first-order valence-corrected chi connectivity index (χ1v) is 17.6. The lowest BCUT2D eigenvalue weighted by molar-refractivity contribution is 0.487. The number of ether oxygens (including phenoxy) is 1. The van der Waals surface area contributed by atoms with Crippen LogP contribution in [0.4, 0.5) is 17.1 Å². The minimum Gasteiger partial charge on any atom is -0.458 e. The minimum atomic E-state index is -0.0254. The highest BCUT2D eigenvalue weighted by atomic mass is 16.5. The quantitative estimate of drug-likeness (QED) is 0.172. The zero-order valence-electron chi connectivity index (χ0n) is 27.9. The molecule has 238 valence electrons. The summed E-state index contributed by atoms with van der Waals surface area (Å²) in [7, 11) is 0. The van der Waals surface area contributed by atoms with Gasteiger partial charge in [0.25, 0.3) is 6.71 Å². The summed E-state index contributed by atoms with van der Waals surface area (Å²) in [6.45, 7) is -0.0254. The lowest BCUT2D eigenvalue weighted by Gasteiger charge is -2.41. The molecule has 0 fully saturated rings. The van der Waals surface area contributed by atoms with Crippen molar-refractivity contribution in [3.8, 4) is 56.0 Å². The third kappa shape index (κ3) is 4.89. The van der Waals surface area contributed by atoms with Crippen LogP contribution < -0.4 is 26.0 Å². The Balaban J connectivity index is 1.29. The van der Waals surface area contributed by atoms with Crippen LogP contribution in [0.3, 0.4) is 0 Å². The van der Waals surface area contributed by atoms with Crippen LogP contribution in [0.1, 0.15) is 0 Å². The summed E-state index contributed by atoms with van der Waals surface area (Å²) < 4.78 is 6.83. The van der Waals surface area contributed by atoms with Crippen LogP contribution in [0.25, 0.3) is 44.5 Å². The van der Waals surface area contributed by atoms with Crippen LogP contribution in [0, 0.1) is 0 Å². The van der Waals surface area contributed by atoms with Gasteiger partial charge in [0.2, 0.25) is 0 Å². The van der Waals surface area contributed by atoms with Crippen molar-refractivity contribution in [3.05, 3.63) is 194 Å². The predicted molar refractivity (Wildman–Crippen MR) is 214 cm³/mol. The predicted octanol–water partition coefficient (Wildman–Crippen LogP) is 10.8. The van der Waals surface area contributed by atoms with Gasteiger partial charge in [-0.1, -0.05) is 170 Å². The van der Waals surface area contributed by atoms with Gasteiger partial charge in [-0.05, 0) is 74.0 Å². The van der Waals surface area contributed by atoms with Crippen LogP contribution in [0.15, 0.2) is 194 Å². The van der Waals surface area contributed by atoms with Crippen LogP contribution >= 0.6 is 0 Å². The van der Waals surface area contributed by atoms with E-state index in [1.807, 2.05) is 0 Å². The lowest BCUT2D eigenvalue weighted by atomic mass is 9.34. The molecule has 51 heavy (non-hydrogen) atoms. The number of rotatable bonds is 5. The van der Waals surface area contributed by atoms with Crippen LogP contribution in [0.2, 0.25) is 0 Å². The van der Waals surface area contributed by atoms with Crippen molar-refractivity contribution in [2.75, 3.05) is 4.90 Å². The molecule has 0 spiro atoms. The number of benzene rings is 8. The largest absolute Gasteiger partial charge is 0.458 e. The molecule has 2 nitrogen and oxygen atoms in total. The third-order valence-corrected chi connectivity index (χ3v) is 10.3. The van der Waals surface area contributed by atoms with E-state index in [0.29, 0.717) is 0 Å². The molecular weight excluding hydrogens is 617 g/mol. The zero-order valence-corrected chi connectivity index (χ0v) is 27.9. The minimum absolute atomic E-state index is 0.0254. The smallest absolute Gasteiger partial charge is 0.256 e. The molecule has 8 aromatic rings. The van der Waals surface area contributed by atoms with E-state index in [1.54, 1.807) is 0 Å². The van der Waals surface area contributed by atoms with Crippen LogP contribution in [-0.2, 0) is 0 Å². The second kappa shape index (κ2) is 12.1. The van der Waals surface area contributed by atoms with Crippen molar-refractivity contribution in [1.29, 1.82) is 0 Å². The molecule has 0 amide bonds. The van der Waals surface area contributed by atoms with Gasteiger partial charge in [-0.3, -0.25) is 0 Å². The van der Waals surface area contributed by atoms with Gasteiger partial charge in [0.15, 0.2) is 0 Å². The average molecular weight is 650 g/mol. The van der Waals surface area contributed by atoms with E-state index in [0.717, 1.165) is 22.9 Å². The van der Waals surface area contributed by atoms with E-state index >= 15 is 0 Å². The Hall–Kier alpha value is -6.58. The number of fused-ring (bicyclic) bond motifs is 4. The van der Waals surface area contributed by atoms with Crippen molar-refractivity contribution in [1.82, 2.24) is 0 Å². The number of para-hydroxylation sites is 1. The van der Waals surface area contributed by atoms with E-state index in [1.165, 1.54) is 66.6 Å². The molecule has 2 heterocycles. The molecule has 0 atom stereocenters. The van der Waals surface area contributed by atoms with Crippen LogP contribution in [0.5, 0.6) is 11.5 Å². The fourth-order valence-electron chi connectivity index (χ4n) is 8.04. The standard InChI is InChI=1S/C48H32BNO/c1-5-15-33(16-6-1)37-27-29-43-41(31-37)49-42-32-38(34-17-7-2-8-18-34)28-30-45(42)51-46-26-14-25-44(47(46)49)50(43)48-39(35-19-9-3-10-20-35)23-13-24-40(48)36-21-11-4-12-22-36/h1-32H. The Labute approximate surface area is 299 Å². The maximum atomic E-state index is 6.83. The zero-order chi connectivity index (χ0) is 33.7. The summed E-state index contributed by atoms with van der Waals surface area (Å²) in [5, 5.41) is 0. The molecule has 2 aliphatic rings. The summed E-state index contributed by atoms with van der Waals surface area (Å²) in [4.78, 5) is 2.50. The molecule has 8 aromatic carbocycles. The molecule has 0 aliphatic carbocycles. The molecule has 0 unspecified atom stereocenters. The van der Waals surface area contributed by atoms with Gasteiger partial charge in [-0.15, -0.1) is 0 Å². The monoisotopic (exact) mass is 649 g/mol. The Morgan fingerprint density at radius 3 is 1.45 bits per heavy atom. The van der Waals surface area contributed by atoms with Crippen molar-refractivity contribution < 1.29 is 4.74 Å². The average Bonchev–Trinajstić information content (AvgIpc) is 3.21. The summed E-state index contributed by atoms with van der Waals surface area (Å²) >= 11 is 0. The Morgan fingerprint density at radius 1 is 0.353 bits per heavy atom. The topological polar surface area (TPSA) is 12.5 Å². The van der Waals surface area contributed by atoms with Crippen molar-refractivity contribution in [3.63, 3.8) is 0 Å². The van der Waals surface area contributed by atoms with Gasteiger partial charge in [-0.25, -0.2) is 0 Å². The van der Waals surface area contributed by atoms with Gasteiger partial charge in [0.1, 0.15) is 11.5 Å². The molecule has 2 aliphatic heterocycles. The van der Waals surface area contributed by atoms with Crippen LogP contribution in [-0.4, -0.2) is 6.71 Å². The number of anilines is 3. The molecule has 3 heteroatoms. The molecule has 0 saturated carbocycles. The van der Waals surface area contributed by atoms with Gasteiger partial charge in [-0.2, -0.15) is 0 Å². The fraction of sp³-hybridized carbons (Fsp3) is 0. The number of hydrogen-bond donors (Lipinski definition) is 0. The van der Waals surface area contributed by atoms with Gasteiger partial charge in [0, 0.05) is 22.5 Å². The van der Waals surface area contributed by atoms with E-state index < -0.39 is 0 Å². The highest BCUT2D eigenvalue weighted by Crippen LogP contribution is 2.48. The Morgan fingerprint density at radius 2 is 0.863 bits per heavy atom. The van der Waals surface area contributed by atoms with E-state index in [4.69, 9.17) is 4.74 Å². The molecule has 0 N–H and O–H groups in total. The maximum Gasteiger partial charge on any atom is 0.256 e. The molecule has 10 rings (SSSR count). The van der Waals surface area contributed by atoms with E-state index in [9.17, 15) is 0 Å². The summed E-state index contributed by atoms with van der Waals surface area (Å²) in [5.74, 6) is 1.81. The lowest BCUT2D eigenvalue weighted by Crippen LogP contribution is -2.59. The first-order chi connectivity index (χ1) is 25.3. The number of hydrogen-bond acceptors (Lipinski definition) is 2. The summed E-state index contributed by atoms with van der Waals surface area (Å²) in [6.07, 6.45) is 0. The fourth-order valence-corrected chi connectivity index (χ4v) is 8.04. The number of nitrogens with zero attached hydrogens (tertiary/aromatic N) is 1. The van der Waals surface area contributed by atoms with Crippen molar-refractivity contribution in [2.24, 2.45) is 0 Å². The highest BCUT2D eigenvalue weighted by Gasteiger charge is 2.42. The summed E-state index contributed by atoms with van der Waals surface area (Å²) in [5.41, 5.74) is 16.6. The third-order valence-electron chi connectivity index (χ3n) is 10.3. The van der Waals surface area contributed by atoms with Crippen molar-refractivity contribution in [2.45, 2.75) is 0 Å². The van der Waals surface area contributed by atoms with Gasteiger partial charge < -0.3 is 9.64 Å². The Kier molecular flexibility index (Phi) is 6.95. The van der Waals surface area contributed by atoms with E-state index in [2.05, 4.69) is 199 Å². The molecule has 0 saturated heterocycles. The molecule has 0 aromatic heterocycles. The summed E-state index contributed by atoms with van der Waals surface area (Å²) in [6, 6.07) is 69.8. The molecule has 0 radical (unpaired) electrons. The van der Waals surface area contributed by atoms with E-state index in [-0.39, 0.29) is 6.71 Å². The first kappa shape index (κ1) is 29.4. The normalized spacial score (nSPS) is 12.4. The SMILES string of the molecule is c1ccc(-c2ccc3c(c2)B2c4cc(-c5ccccc5)ccc4N(c4c(-c5ccccc5)cccc4-c4ccccc4)c4cccc(c42)O3)cc1. The Bertz CT molecular complexity index is 2490. The maximum absolute atomic E-state index is 6.83. The second-order valence-electron chi connectivity index (χ2n) is 13.3. The van der Waals surface area contributed by atoms with Gasteiger partial charge >= 0.3 is 0 Å². The molecule has 0 bridgehead atoms. The van der Waals surface area contributed by atoms with Crippen molar-refractivity contribution >= 4 is 40.2 Å².